The summed E-state index contributed by atoms with van der Waals surface area (Å²) >= 11 is 5.83. The minimum absolute atomic E-state index is 0.0376. The van der Waals surface area contributed by atoms with E-state index in [-0.39, 0.29) is 17.9 Å². The lowest BCUT2D eigenvalue weighted by Gasteiger charge is -2.13. The van der Waals surface area contributed by atoms with Crippen molar-refractivity contribution >= 4 is 28.3 Å². The van der Waals surface area contributed by atoms with Crippen LogP contribution in [0.2, 0.25) is 5.28 Å². The fraction of sp³-hybridized carbons (Fsp3) is 0.273. The molecule has 0 saturated carbocycles. The zero-order valence-corrected chi connectivity index (χ0v) is 9.57. The summed E-state index contributed by atoms with van der Waals surface area (Å²) in [5, 5.41) is 13.2. The van der Waals surface area contributed by atoms with Gasteiger partial charge in [-0.25, -0.2) is 9.97 Å². The quantitative estimate of drug-likeness (QED) is 0.803. The summed E-state index contributed by atoms with van der Waals surface area (Å²) < 4.78 is 0. The molecule has 1 unspecified atom stereocenters. The Bertz CT molecular complexity index is 504. The van der Waals surface area contributed by atoms with Gasteiger partial charge in [0.15, 0.2) is 0 Å². The molecule has 0 saturated heterocycles. The molecule has 1 aromatic carbocycles. The summed E-state index contributed by atoms with van der Waals surface area (Å²) in [7, 11) is 0. The number of rotatable bonds is 3. The Kier molecular flexibility index (Phi) is 3.22. The molecule has 0 aliphatic rings. The van der Waals surface area contributed by atoms with Gasteiger partial charge < -0.3 is 10.4 Å². The molecule has 0 fully saturated rings. The van der Waals surface area contributed by atoms with Gasteiger partial charge in [0, 0.05) is 11.4 Å². The van der Waals surface area contributed by atoms with E-state index in [0.29, 0.717) is 5.82 Å². The number of halogens is 1. The van der Waals surface area contributed by atoms with Crippen molar-refractivity contribution in [3.05, 3.63) is 29.5 Å². The summed E-state index contributed by atoms with van der Waals surface area (Å²) in [6, 6.07) is 7.52. The number of nitrogens with zero attached hydrogens (tertiary/aromatic N) is 2. The van der Waals surface area contributed by atoms with Crippen molar-refractivity contribution in [2.75, 3.05) is 11.9 Å². The number of para-hydroxylation sites is 1. The Morgan fingerprint density at radius 1 is 1.38 bits per heavy atom. The van der Waals surface area contributed by atoms with Crippen molar-refractivity contribution in [1.29, 1.82) is 0 Å². The largest absolute Gasteiger partial charge is 0.394 e. The highest BCUT2D eigenvalue weighted by Crippen LogP contribution is 2.22. The first kappa shape index (κ1) is 11.1. The van der Waals surface area contributed by atoms with E-state index >= 15 is 0 Å². The molecule has 1 heterocycles. The first-order valence-electron chi connectivity index (χ1n) is 5.00. The van der Waals surface area contributed by atoms with E-state index in [1.54, 1.807) is 0 Å². The zero-order valence-electron chi connectivity index (χ0n) is 8.81. The first-order chi connectivity index (χ1) is 7.70. The number of aromatic nitrogens is 2. The molecule has 0 radical (unpaired) electrons. The summed E-state index contributed by atoms with van der Waals surface area (Å²) in [6.45, 7) is 1.90. The number of anilines is 1. The fourth-order valence-electron chi connectivity index (χ4n) is 1.44. The minimum atomic E-state index is -0.0747. The molecular formula is C11H12ClN3O. The van der Waals surface area contributed by atoms with Crippen molar-refractivity contribution in [3.8, 4) is 0 Å². The van der Waals surface area contributed by atoms with E-state index in [1.165, 1.54) is 0 Å². The molecule has 0 bridgehead atoms. The van der Waals surface area contributed by atoms with Gasteiger partial charge in [0.1, 0.15) is 5.82 Å². The molecule has 2 rings (SSSR count). The molecule has 0 aliphatic carbocycles. The first-order valence-corrected chi connectivity index (χ1v) is 5.38. The van der Waals surface area contributed by atoms with Crippen LogP contribution < -0.4 is 5.32 Å². The van der Waals surface area contributed by atoms with E-state index in [0.717, 1.165) is 10.9 Å². The second-order valence-electron chi connectivity index (χ2n) is 3.59. The predicted octanol–water partition coefficient (Wildman–Crippen LogP) is 2.08. The Balaban J connectivity index is 2.50. The van der Waals surface area contributed by atoms with Gasteiger partial charge in [0.05, 0.1) is 12.1 Å². The Morgan fingerprint density at radius 3 is 2.88 bits per heavy atom. The number of nitrogens with one attached hydrogen (secondary N) is 1. The molecule has 84 valence electrons. The lowest BCUT2D eigenvalue weighted by Crippen LogP contribution is -2.20. The highest BCUT2D eigenvalue weighted by Gasteiger charge is 2.08. The third-order valence-electron chi connectivity index (χ3n) is 2.23. The monoisotopic (exact) mass is 237 g/mol. The van der Waals surface area contributed by atoms with Crippen molar-refractivity contribution < 1.29 is 5.11 Å². The standard InChI is InChI=1S/C11H12ClN3O/c1-7(6-16)13-10-8-4-2-3-5-9(8)14-11(12)15-10/h2-5,7,16H,6H2,1H3,(H,13,14,15). The van der Waals surface area contributed by atoms with Gasteiger partial charge in [-0.2, -0.15) is 0 Å². The molecule has 4 nitrogen and oxygen atoms in total. The normalized spacial score (nSPS) is 12.7. The maximum Gasteiger partial charge on any atom is 0.224 e. The van der Waals surface area contributed by atoms with Gasteiger partial charge in [-0.15, -0.1) is 0 Å². The second kappa shape index (κ2) is 4.63. The SMILES string of the molecule is CC(CO)Nc1nc(Cl)nc2ccccc12. The average Bonchev–Trinajstić information content (AvgIpc) is 2.28. The number of benzene rings is 1. The zero-order chi connectivity index (χ0) is 11.5. The van der Waals surface area contributed by atoms with Gasteiger partial charge in [-0.3, -0.25) is 0 Å². The van der Waals surface area contributed by atoms with E-state index in [4.69, 9.17) is 16.7 Å². The van der Waals surface area contributed by atoms with Gasteiger partial charge in [0.25, 0.3) is 0 Å². The van der Waals surface area contributed by atoms with E-state index < -0.39 is 0 Å². The molecule has 1 aromatic heterocycles. The summed E-state index contributed by atoms with van der Waals surface area (Å²) in [4.78, 5) is 8.24. The van der Waals surface area contributed by atoms with Crippen LogP contribution in [0.25, 0.3) is 10.9 Å². The van der Waals surface area contributed by atoms with Crippen molar-refractivity contribution in [3.63, 3.8) is 0 Å². The Hall–Kier alpha value is -1.39. The van der Waals surface area contributed by atoms with Crippen LogP contribution in [-0.2, 0) is 0 Å². The molecule has 16 heavy (non-hydrogen) atoms. The molecule has 0 aliphatic heterocycles. The van der Waals surface area contributed by atoms with Crippen LogP contribution in [0.4, 0.5) is 5.82 Å². The minimum Gasteiger partial charge on any atom is -0.394 e. The molecule has 5 heteroatoms. The number of aliphatic hydroxyl groups excluding tert-OH is 1. The summed E-state index contributed by atoms with van der Waals surface area (Å²) in [5.74, 6) is 0.650. The molecule has 2 aromatic rings. The maximum absolute atomic E-state index is 9.00. The van der Waals surface area contributed by atoms with Crippen LogP contribution in [0.3, 0.4) is 0 Å². The number of aliphatic hydroxyl groups is 1. The van der Waals surface area contributed by atoms with Crippen LogP contribution in [0.5, 0.6) is 0 Å². The number of hydrogen-bond acceptors (Lipinski definition) is 4. The van der Waals surface area contributed by atoms with Gasteiger partial charge in [0.2, 0.25) is 5.28 Å². The smallest absolute Gasteiger partial charge is 0.224 e. The number of hydrogen-bond donors (Lipinski definition) is 2. The van der Waals surface area contributed by atoms with Crippen molar-refractivity contribution in [1.82, 2.24) is 9.97 Å². The van der Waals surface area contributed by atoms with Crippen LogP contribution >= 0.6 is 11.6 Å². The van der Waals surface area contributed by atoms with Crippen molar-refractivity contribution in [2.45, 2.75) is 13.0 Å². The molecule has 2 N–H and O–H groups in total. The average molecular weight is 238 g/mol. The molecular weight excluding hydrogens is 226 g/mol. The van der Waals surface area contributed by atoms with Crippen molar-refractivity contribution in [2.24, 2.45) is 0 Å². The van der Waals surface area contributed by atoms with Gasteiger partial charge in [-0.1, -0.05) is 12.1 Å². The fourth-order valence-corrected chi connectivity index (χ4v) is 1.61. The van der Waals surface area contributed by atoms with E-state index in [1.807, 2.05) is 31.2 Å². The lowest BCUT2D eigenvalue weighted by molar-refractivity contribution is 0.281. The van der Waals surface area contributed by atoms with Gasteiger partial charge >= 0.3 is 0 Å². The van der Waals surface area contributed by atoms with Crippen LogP contribution in [0.1, 0.15) is 6.92 Å². The van der Waals surface area contributed by atoms with E-state index in [9.17, 15) is 0 Å². The molecule has 1 atom stereocenters. The summed E-state index contributed by atoms with van der Waals surface area (Å²) in [6.07, 6.45) is 0. The Labute approximate surface area is 98.3 Å². The van der Waals surface area contributed by atoms with Crippen LogP contribution in [0.15, 0.2) is 24.3 Å². The van der Waals surface area contributed by atoms with Crippen LogP contribution in [0, 0.1) is 0 Å². The molecule has 0 amide bonds. The summed E-state index contributed by atoms with van der Waals surface area (Å²) in [5.41, 5.74) is 0.787. The maximum atomic E-state index is 9.00. The number of fused-ring (bicyclic) bond motifs is 1. The lowest BCUT2D eigenvalue weighted by atomic mass is 10.2. The second-order valence-corrected chi connectivity index (χ2v) is 3.92. The highest BCUT2D eigenvalue weighted by molar-refractivity contribution is 6.28. The van der Waals surface area contributed by atoms with Gasteiger partial charge in [-0.05, 0) is 30.7 Å². The Morgan fingerprint density at radius 2 is 2.12 bits per heavy atom. The molecule has 0 spiro atoms. The third kappa shape index (κ3) is 2.23. The van der Waals surface area contributed by atoms with Crippen LogP contribution in [-0.4, -0.2) is 27.7 Å². The highest BCUT2D eigenvalue weighted by atomic mass is 35.5. The predicted molar refractivity (Wildman–Crippen MR) is 64.7 cm³/mol. The topological polar surface area (TPSA) is 58.0 Å². The third-order valence-corrected chi connectivity index (χ3v) is 2.40. The van der Waals surface area contributed by atoms with E-state index in [2.05, 4.69) is 15.3 Å².